The van der Waals surface area contributed by atoms with Gasteiger partial charge in [0.2, 0.25) is 5.91 Å². The van der Waals surface area contributed by atoms with Crippen LogP contribution in [-0.4, -0.2) is 30.0 Å². The molecule has 3 N–H and O–H groups in total. The molecule has 0 heterocycles. The lowest BCUT2D eigenvalue weighted by Gasteiger charge is -2.11. The Morgan fingerprint density at radius 2 is 2.25 bits per heavy atom. The molecule has 1 amide bonds. The van der Waals surface area contributed by atoms with Gasteiger partial charge in [0.05, 0.1) is 0 Å². The number of nitrogens with one attached hydrogen (secondary N) is 1. The topological polar surface area (TPSA) is 55.1 Å². The predicted octanol–water partition coefficient (Wildman–Crippen LogP) is 1.76. The molecule has 0 aromatic carbocycles. The van der Waals surface area contributed by atoms with Crippen LogP contribution in [0.3, 0.4) is 0 Å². The molecular formula is C12H24N2OS. The van der Waals surface area contributed by atoms with Gasteiger partial charge in [0.1, 0.15) is 0 Å². The maximum Gasteiger partial charge on any atom is 0.220 e. The van der Waals surface area contributed by atoms with Crippen LogP contribution >= 0.6 is 11.8 Å². The molecule has 1 fully saturated rings. The van der Waals surface area contributed by atoms with Crippen molar-refractivity contribution in [2.24, 2.45) is 11.7 Å². The fourth-order valence-electron chi connectivity index (χ4n) is 1.52. The molecule has 0 aromatic heterocycles. The van der Waals surface area contributed by atoms with Crippen LogP contribution < -0.4 is 11.1 Å². The molecule has 0 spiro atoms. The number of hydrogen-bond donors (Lipinski definition) is 2. The predicted molar refractivity (Wildman–Crippen MR) is 70.6 cm³/mol. The van der Waals surface area contributed by atoms with Gasteiger partial charge >= 0.3 is 0 Å². The lowest BCUT2D eigenvalue weighted by atomic mass is 10.2. The summed E-state index contributed by atoms with van der Waals surface area (Å²) in [6.45, 7) is 2.84. The molecule has 0 saturated heterocycles. The summed E-state index contributed by atoms with van der Waals surface area (Å²) in [5.74, 6) is 2.93. The van der Waals surface area contributed by atoms with E-state index in [1.54, 1.807) is 0 Å². The van der Waals surface area contributed by atoms with E-state index < -0.39 is 0 Å². The van der Waals surface area contributed by atoms with Gasteiger partial charge in [-0.25, -0.2) is 0 Å². The normalized spacial score (nSPS) is 17.1. The Hall–Kier alpha value is -0.220. The Bertz CT molecular complexity index is 207. The Morgan fingerprint density at radius 3 is 2.88 bits per heavy atom. The molecule has 4 heteroatoms. The van der Waals surface area contributed by atoms with Crippen molar-refractivity contribution < 1.29 is 4.79 Å². The summed E-state index contributed by atoms with van der Waals surface area (Å²) in [7, 11) is 0. The molecule has 16 heavy (non-hydrogen) atoms. The van der Waals surface area contributed by atoms with Gasteiger partial charge in [-0.1, -0.05) is 13.3 Å². The molecule has 94 valence electrons. The van der Waals surface area contributed by atoms with E-state index in [2.05, 4.69) is 12.2 Å². The number of rotatable bonds is 9. The molecular weight excluding hydrogens is 220 g/mol. The van der Waals surface area contributed by atoms with E-state index in [1.807, 2.05) is 11.8 Å². The minimum absolute atomic E-state index is 0.153. The fourth-order valence-corrected chi connectivity index (χ4v) is 2.55. The first-order chi connectivity index (χ1) is 7.74. The first-order valence-electron chi connectivity index (χ1n) is 6.34. The van der Waals surface area contributed by atoms with Crippen molar-refractivity contribution in [2.75, 3.05) is 18.1 Å². The molecule has 1 aliphatic rings. The molecule has 0 radical (unpaired) electrons. The monoisotopic (exact) mass is 244 g/mol. The summed E-state index contributed by atoms with van der Waals surface area (Å²) >= 11 is 1.87. The van der Waals surface area contributed by atoms with Gasteiger partial charge in [0.15, 0.2) is 0 Å². The van der Waals surface area contributed by atoms with E-state index >= 15 is 0 Å². The molecule has 0 bridgehead atoms. The number of hydrogen-bond acceptors (Lipinski definition) is 3. The van der Waals surface area contributed by atoms with Crippen LogP contribution in [0.5, 0.6) is 0 Å². The highest BCUT2D eigenvalue weighted by molar-refractivity contribution is 7.99. The summed E-state index contributed by atoms with van der Waals surface area (Å²) in [6.07, 6.45) is 5.59. The second kappa shape index (κ2) is 7.96. The highest BCUT2D eigenvalue weighted by Crippen LogP contribution is 2.31. The van der Waals surface area contributed by atoms with E-state index in [0.717, 1.165) is 5.75 Å². The minimum atomic E-state index is 0.153. The van der Waals surface area contributed by atoms with Gasteiger partial charge in [0.25, 0.3) is 0 Å². The fraction of sp³-hybridized carbons (Fsp3) is 0.917. The zero-order valence-corrected chi connectivity index (χ0v) is 11.0. The van der Waals surface area contributed by atoms with Crippen LogP contribution in [0.25, 0.3) is 0 Å². The number of unbranched alkanes of at least 4 members (excludes halogenated alkanes) is 1. The van der Waals surface area contributed by atoms with Crippen LogP contribution in [0.2, 0.25) is 0 Å². The summed E-state index contributed by atoms with van der Waals surface area (Å²) in [6, 6.07) is 0.177. The molecule has 0 aliphatic heterocycles. The average Bonchev–Trinajstić information content (AvgIpc) is 3.09. The van der Waals surface area contributed by atoms with Crippen molar-refractivity contribution >= 4 is 17.7 Å². The van der Waals surface area contributed by atoms with E-state index in [9.17, 15) is 4.79 Å². The van der Waals surface area contributed by atoms with Crippen LogP contribution in [-0.2, 0) is 4.79 Å². The third kappa shape index (κ3) is 6.38. The number of amides is 1. The quantitative estimate of drug-likeness (QED) is 0.608. The summed E-state index contributed by atoms with van der Waals surface area (Å²) in [4.78, 5) is 11.4. The zero-order valence-electron chi connectivity index (χ0n) is 10.2. The Balaban J connectivity index is 1.89. The molecule has 3 nitrogen and oxygen atoms in total. The van der Waals surface area contributed by atoms with E-state index in [4.69, 9.17) is 5.73 Å². The average molecular weight is 244 g/mol. The van der Waals surface area contributed by atoms with Crippen LogP contribution in [0.4, 0.5) is 0 Å². The minimum Gasteiger partial charge on any atom is -0.355 e. The summed E-state index contributed by atoms with van der Waals surface area (Å²) in [5.41, 5.74) is 5.90. The first kappa shape index (κ1) is 13.8. The highest BCUT2D eigenvalue weighted by Gasteiger charge is 2.28. The molecule has 1 saturated carbocycles. The first-order valence-corrected chi connectivity index (χ1v) is 7.49. The van der Waals surface area contributed by atoms with Crippen molar-refractivity contribution in [1.82, 2.24) is 5.32 Å². The lowest BCUT2D eigenvalue weighted by Crippen LogP contribution is -2.38. The number of carbonyl (C=O) groups excluding carboxylic acids is 1. The van der Waals surface area contributed by atoms with Crippen molar-refractivity contribution in [3.05, 3.63) is 0 Å². The smallest absolute Gasteiger partial charge is 0.220 e. The van der Waals surface area contributed by atoms with Crippen molar-refractivity contribution in [2.45, 2.75) is 45.1 Å². The molecule has 1 aliphatic carbocycles. The van der Waals surface area contributed by atoms with Crippen LogP contribution in [0, 0.1) is 5.92 Å². The lowest BCUT2D eigenvalue weighted by molar-refractivity contribution is -0.120. The van der Waals surface area contributed by atoms with Gasteiger partial charge in [-0.15, -0.1) is 0 Å². The van der Waals surface area contributed by atoms with Gasteiger partial charge in [-0.3, -0.25) is 4.79 Å². The molecule has 1 unspecified atom stereocenters. The van der Waals surface area contributed by atoms with E-state index in [1.165, 1.54) is 31.4 Å². The maximum absolute atomic E-state index is 11.4. The van der Waals surface area contributed by atoms with Crippen LogP contribution in [0.15, 0.2) is 0 Å². The van der Waals surface area contributed by atoms with E-state index in [-0.39, 0.29) is 11.9 Å². The van der Waals surface area contributed by atoms with Gasteiger partial charge < -0.3 is 11.1 Å². The number of carbonyl (C=O) groups is 1. The highest BCUT2D eigenvalue weighted by atomic mass is 32.2. The second-order valence-electron chi connectivity index (χ2n) is 4.52. The Kier molecular flexibility index (Phi) is 6.88. The molecule has 0 aromatic rings. The molecule has 1 rings (SSSR count). The van der Waals surface area contributed by atoms with Crippen LogP contribution in [0.1, 0.15) is 39.0 Å². The number of thioether (sulfide) groups is 1. The van der Waals surface area contributed by atoms with Gasteiger partial charge in [-0.05, 0) is 30.9 Å². The van der Waals surface area contributed by atoms with Gasteiger partial charge in [-0.2, -0.15) is 11.8 Å². The van der Waals surface area contributed by atoms with Crippen molar-refractivity contribution in [1.29, 1.82) is 0 Å². The largest absolute Gasteiger partial charge is 0.355 e. The Morgan fingerprint density at radius 1 is 1.50 bits per heavy atom. The third-order valence-corrected chi connectivity index (χ3v) is 3.95. The summed E-state index contributed by atoms with van der Waals surface area (Å²) < 4.78 is 0. The standard InChI is InChI=1S/C12H24N2OS/c1-2-3-7-16-8-6-12(15)14-9-11(13)10-4-5-10/h10-11H,2-9,13H2,1H3,(H,14,15). The Labute approximate surface area is 103 Å². The van der Waals surface area contributed by atoms with Gasteiger partial charge in [0, 0.05) is 24.8 Å². The maximum atomic E-state index is 11.4. The summed E-state index contributed by atoms with van der Waals surface area (Å²) in [5, 5.41) is 2.92. The van der Waals surface area contributed by atoms with E-state index in [0.29, 0.717) is 18.9 Å². The molecule has 1 atom stereocenters. The van der Waals surface area contributed by atoms with Crippen molar-refractivity contribution in [3.8, 4) is 0 Å². The van der Waals surface area contributed by atoms with Crippen molar-refractivity contribution in [3.63, 3.8) is 0 Å². The SMILES string of the molecule is CCCCSCCC(=O)NCC(N)C1CC1. The number of nitrogens with two attached hydrogens (primary N) is 1. The zero-order chi connectivity index (χ0) is 11.8. The third-order valence-electron chi connectivity index (χ3n) is 2.88. The second-order valence-corrected chi connectivity index (χ2v) is 5.75.